The molecule has 23 heavy (non-hydrogen) atoms. The number of hydrogen-bond acceptors (Lipinski definition) is 4. The maximum Gasteiger partial charge on any atom is 0.335 e. The lowest BCUT2D eigenvalue weighted by Crippen LogP contribution is -2.03. The highest BCUT2D eigenvalue weighted by molar-refractivity contribution is 5.88. The summed E-state index contributed by atoms with van der Waals surface area (Å²) in [4.78, 5) is 19.4. The zero-order valence-corrected chi connectivity index (χ0v) is 12.3. The average molecular weight is 312 g/mol. The van der Waals surface area contributed by atoms with E-state index in [9.17, 15) is 9.18 Å². The Labute approximate surface area is 131 Å². The summed E-state index contributed by atoms with van der Waals surface area (Å²) in [5.41, 5.74) is 1.15. The van der Waals surface area contributed by atoms with Crippen LogP contribution in [0, 0.1) is 5.82 Å². The first-order valence-corrected chi connectivity index (χ1v) is 6.99. The Morgan fingerprint density at radius 2 is 2.13 bits per heavy atom. The van der Waals surface area contributed by atoms with Crippen LogP contribution >= 0.6 is 0 Å². The number of rotatable bonds is 4. The first-order valence-electron chi connectivity index (χ1n) is 6.99. The Kier molecular flexibility index (Phi) is 3.84. The third-order valence-electron chi connectivity index (χ3n) is 3.27. The van der Waals surface area contributed by atoms with Crippen molar-refractivity contribution in [2.45, 2.75) is 13.3 Å². The van der Waals surface area contributed by atoms with Gasteiger partial charge in [-0.1, -0.05) is 13.0 Å². The van der Waals surface area contributed by atoms with Crippen LogP contribution in [0.4, 0.5) is 4.39 Å². The number of carboxylic acids is 1. The first kappa shape index (κ1) is 14.8. The second kappa shape index (κ2) is 5.96. The lowest BCUT2D eigenvalue weighted by atomic mass is 10.2. The molecule has 0 aliphatic carbocycles. The molecule has 0 spiro atoms. The first-order chi connectivity index (χ1) is 11.1. The van der Waals surface area contributed by atoms with Gasteiger partial charge < -0.3 is 5.11 Å². The number of aromatic nitrogens is 4. The Balaban J connectivity index is 2.17. The van der Waals surface area contributed by atoms with E-state index in [0.717, 1.165) is 6.20 Å². The lowest BCUT2D eigenvalue weighted by Gasteiger charge is -2.06. The summed E-state index contributed by atoms with van der Waals surface area (Å²) in [5.74, 6) is -0.521. The standard InChI is InChI=1S/C16H13FN4O2/c1-2-14-19-15(11-6-12(17)9-18-8-11)21(20-14)13-5-3-4-10(7-13)16(22)23/h3-9H,2H2,1H3,(H,22,23). The molecule has 1 aromatic carbocycles. The number of hydrogen-bond donors (Lipinski definition) is 1. The van der Waals surface area contributed by atoms with E-state index in [-0.39, 0.29) is 5.56 Å². The van der Waals surface area contributed by atoms with Gasteiger partial charge >= 0.3 is 5.97 Å². The number of nitrogens with zero attached hydrogens (tertiary/aromatic N) is 4. The van der Waals surface area contributed by atoms with Crippen molar-refractivity contribution < 1.29 is 14.3 Å². The summed E-state index contributed by atoms with van der Waals surface area (Å²) in [6.07, 6.45) is 3.20. The molecule has 0 fully saturated rings. The van der Waals surface area contributed by atoms with Gasteiger partial charge in [-0.3, -0.25) is 4.98 Å². The molecular weight excluding hydrogens is 299 g/mol. The molecule has 2 aromatic heterocycles. The predicted molar refractivity (Wildman–Crippen MR) is 80.9 cm³/mol. The van der Waals surface area contributed by atoms with Crippen LogP contribution < -0.4 is 0 Å². The van der Waals surface area contributed by atoms with Crippen LogP contribution in [-0.4, -0.2) is 30.8 Å². The Bertz CT molecular complexity index is 876. The fourth-order valence-corrected chi connectivity index (χ4v) is 2.18. The highest BCUT2D eigenvalue weighted by atomic mass is 19.1. The number of pyridine rings is 1. The normalized spacial score (nSPS) is 10.7. The SMILES string of the molecule is CCc1nc(-c2cncc(F)c2)n(-c2cccc(C(=O)O)c2)n1. The smallest absolute Gasteiger partial charge is 0.335 e. The average Bonchev–Trinajstić information content (AvgIpc) is 2.99. The molecule has 0 aliphatic heterocycles. The molecule has 0 radical (unpaired) electrons. The van der Waals surface area contributed by atoms with Crippen molar-refractivity contribution in [1.29, 1.82) is 0 Å². The lowest BCUT2D eigenvalue weighted by molar-refractivity contribution is 0.0697. The van der Waals surface area contributed by atoms with E-state index in [0.29, 0.717) is 29.3 Å². The molecule has 0 atom stereocenters. The van der Waals surface area contributed by atoms with E-state index in [2.05, 4.69) is 15.1 Å². The minimum absolute atomic E-state index is 0.138. The van der Waals surface area contributed by atoms with Gasteiger partial charge in [0, 0.05) is 18.2 Å². The van der Waals surface area contributed by atoms with Gasteiger partial charge in [0.25, 0.3) is 0 Å². The summed E-state index contributed by atoms with van der Waals surface area (Å²) >= 11 is 0. The van der Waals surface area contributed by atoms with E-state index in [1.54, 1.807) is 12.1 Å². The maximum absolute atomic E-state index is 13.4. The topological polar surface area (TPSA) is 80.9 Å². The number of carboxylic acid groups (broad SMARTS) is 1. The quantitative estimate of drug-likeness (QED) is 0.801. The van der Waals surface area contributed by atoms with Gasteiger partial charge in [0.05, 0.1) is 17.4 Å². The van der Waals surface area contributed by atoms with Gasteiger partial charge in [-0.15, -0.1) is 0 Å². The third-order valence-corrected chi connectivity index (χ3v) is 3.27. The third kappa shape index (κ3) is 2.94. The molecule has 0 unspecified atom stereocenters. The van der Waals surface area contributed by atoms with Crippen molar-refractivity contribution in [2.24, 2.45) is 0 Å². The van der Waals surface area contributed by atoms with Crippen LogP contribution in [0.2, 0.25) is 0 Å². The van der Waals surface area contributed by atoms with Crippen LogP contribution in [0.15, 0.2) is 42.7 Å². The summed E-state index contributed by atoms with van der Waals surface area (Å²) in [5, 5.41) is 13.5. The van der Waals surface area contributed by atoms with Crippen LogP contribution in [0.3, 0.4) is 0 Å². The van der Waals surface area contributed by atoms with Crippen molar-refractivity contribution in [3.05, 3.63) is 59.9 Å². The molecule has 0 saturated carbocycles. The number of benzene rings is 1. The molecule has 0 bridgehead atoms. The van der Waals surface area contributed by atoms with E-state index >= 15 is 0 Å². The van der Waals surface area contributed by atoms with Crippen LogP contribution in [0.5, 0.6) is 0 Å². The summed E-state index contributed by atoms with van der Waals surface area (Å²) in [6, 6.07) is 7.64. The van der Waals surface area contributed by atoms with E-state index in [1.165, 1.54) is 29.1 Å². The second-order valence-electron chi connectivity index (χ2n) is 4.86. The molecule has 3 aromatic rings. The molecule has 3 rings (SSSR count). The highest BCUT2D eigenvalue weighted by Gasteiger charge is 2.15. The number of halogens is 1. The van der Waals surface area contributed by atoms with Crippen LogP contribution in [0.25, 0.3) is 17.1 Å². The van der Waals surface area contributed by atoms with Crippen LogP contribution in [-0.2, 0) is 6.42 Å². The molecule has 1 N–H and O–H groups in total. The Morgan fingerprint density at radius 3 is 2.83 bits per heavy atom. The largest absolute Gasteiger partial charge is 0.478 e. The fraction of sp³-hybridized carbons (Fsp3) is 0.125. The van der Waals surface area contributed by atoms with Crippen molar-refractivity contribution in [3.63, 3.8) is 0 Å². The molecular formula is C16H13FN4O2. The van der Waals surface area contributed by atoms with E-state index in [4.69, 9.17) is 5.11 Å². The minimum atomic E-state index is -1.03. The van der Waals surface area contributed by atoms with Gasteiger partial charge in [-0.05, 0) is 24.3 Å². The number of aryl methyl sites for hydroxylation is 1. The summed E-state index contributed by atoms with van der Waals surface area (Å²) in [6.45, 7) is 1.90. The molecule has 7 heteroatoms. The van der Waals surface area contributed by atoms with Crippen molar-refractivity contribution in [3.8, 4) is 17.1 Å². The Morgan fingerprint density at radius 1 is 1.30 bits per heavy atom. The Hall–Kier alpha value is -3.09. The molecule has 116 valence electrons. The van der Waals surface area contributed by atoms with Gasteiger partial charge in [0.1, 0.15) is 5.82 Å². The second-order valence-corrected chi connectivity index (χ2v) is 4.86. The summed E-state index contributed by atoms with van der Waals surface area (Å²) < 4.78 is 14.9. The van der Waals surface area contributed by atoms with Crippen molar-refractivity contribution in [2.75, 3.05) is 0 Å². The zero-order valence-electron chi connectivity index (χ0n) is 12.3. The summed E-state index contributed by atoms with van der Waals surface area (Å²) in [7, 11) is 0. The molecule has 0 saturated heterocycles. The molecule has 6 nitrogen and oxygen atoms in total. The van der Waals surface area contributed by atoms with E-state index < -0.39 is 11.8 Å². The molecule has 0 amide bonds. The zero-order chi connectivity index (χ0) is 16.4. The fourth-order valence-electron chi connectivity index (χ4n) is 2.18. The highest BCUT2D eigenvalue weighted by Crippen LogP contribution is 2.22. The van der Waals surface area contributed by atoms with Gasteiger partial charge in [0.2, 0.25) is 0 Å². The number of aromatic carboxylic acids is 1. The maximum atomic E-state index is 13.4. The minimum Gasteiger partial charge on any atom is -0.478 e. The van der Waals surface area contributed by atoms with Crippen molar-refractivity contribution in [1.82, 2.24) is 19.7 Å². The molecule has 2 heterocycles. The van der Waals surface area contributed by atoms with Crippen LogP contribution in [0.1, 0.15) is 23.1 Å². The van der Waals surface area contributed by atoms with Gasteiger partial charge in [-0.25, -0.2) is 18.9 Å². The predicted octanol–water partition coefficient (Wildman–Crippen LogP) is 2.73. The monoisotopic (exact) mass is 312 g/mol. The molecule has 0 aliphatic rings. The van der Waals surface area contributed by atoms with Crippen molar-refractivity contribution >= 4 is 5.97 Å². The van der Waals surface area contributed by atoms with Gasteiger partial charge in [0.15, 0.2) is 11.6 Å². The number of carbonyl (C=O) groups is 1. The van der Waals surface area contributed by atoms with E-state index in [1.807, 2.05) is 6.92 Å². The van der Waals surface area contributed by atoms with Gasteiger partial charge in [-0.2, -0.15) is 5.10 Å².